The van der Waals surface area contributed by atoms with Crippen molar-refractivity contribution in [2.45, 2.75) is 64.7 Å². The Morgan fingerprint density at radius 3 is 2.52 bits per heavy atom. The minimum absolute atomic E-state index is 0.314. The molecule has 0 bridgehead atoms. The molecule has 0 spiro atoms. The van der Waals surface area contributed by atoms with Gasteiger partial charge in [0.2, 0.25) is 0 Å². The van der Waals surface area contributed by atoms with E-state index >= 15 is 0 Å². The molecule has 0 fully saturated rings. The van der Waals surface area contributed by atoms with Crippen molar-refractivity contribution in [3.05, 3.63) is 71.3 Å². The van der Waals surface area contributed by atoms with Gasteiger partial charge in [-0.1, -0.05) is 50.8 Å². The molecule has 0 N–H and O–H groups in total. The Balaban J connectivity index is 1.43. The molecule has 4 rings (SSSR count). The van der Waals surface area contributed by atoms with Crippen LogP contribution in [-0.2, 0) is 12.8 Å². The lowest BCUT2D eigenvalue weighted by Gasteiger charge is -2.16. The summed E-state index contributed by atoms with van der Waals surface area (Å²) in [4.78, 5) is 12.9. The first-order valence-corrected chi connectivity index (χ1v) is 11.7. The van der Waals surface area contributed by atoms with Crippen molar-refractivity contribution in [3.8, 4) is 11.5 Å². The third-order valence-corrected chi connectivity index (χ3v) is 6.12. The van der Waals surface area contributed by atoms with Crippen LogP contribution >= 0.6 is 0 Å². The smallest absolute Gasteiger partial charge is 0.344 e. The SMILES string of the molecule is CCCCCCCOc1ccc2c(C(=O)Oc3ccc4c(c3)CCCC4)cccc2c1. The molecule has 0 aliphatic heterocycles. The van der Waals surface area contributed by atoms with E-state index < -0.39 is 0 Å². The lowest BCUT2D eigenvalue weighted by molar-refractivity contribution is 0.0736. The van der Waals surface area contributed by atoms with Crippen LogP contribution in [0.15, 0.2) is 54.6 Å². The number of fused-ring (bicyclic) bond motifs is 2. The van der Waals surface area contributed by atoms with Crippen LogP contribution in [0.1, 0.15) is 73.4 Å². The summed E-state index contributed by atoms with van der Waals surface area (Å²) in [5.74, 6) is 1.17. The maximum Gasteiger partial charge on any atom is 0.344 e. The van der Waals surface area contributed by atoms with Crippen LogP contribution in [0.25, 0.3) is 10.8 Å². The number of ether oxygens (including phenoxy) is 2. The summed E-state index contributed by atoms with van der Waals surface area (Å²) in [6, 6.07) is 17.7. The predicted molar refractivity (Wildman–Crippen MR) is 126 cm³/mol. The quantitative estimate of drug-likeness (QED) is 0.209. The molecule has 3 heteroatoms. The van der Waals surface area contributed by atoms with Crippen LogP contribution in [0.3, 0.4) is 0 Å². The van der Waals surface area contributed by atoms with Crippen LogP contribution in [-0.4, -0.2) is 12.6 Å². The van der Waals surface area contributed by atoms with Crippen molar-refractivity contribution in [1.29, 1.82) is 0 Å². The highest BCUT2D eigenvalue weighted by molar-refractivity contribution is 6.05. The molecule has 0 radical (unpaired) electrons. The van der Waals surface area contributed by atoms with Gasteiger partial charge >= 0.3 is 5.97 Å². The molecule has 3 aromatic carbocycles. The van der Waals surface area contributed by atoms with Gasteiger partial charge in [0.25, 0.3) is 0 Å². The number of esters is 1. The summed E-state index contributed by atoms with van der Waals surface area (Å²) < 4.78 is 11.7. The van der Waals surface area contributed by atoms with Gasteiger partial charge in [0.1, 0.15) is 11.5 Å². The van der Waals surface area contributed by atoms with Crippen LogP contribution in [0.4, 0.5) is 0 Å². The molecule has 0 heterocycles. The second-order valence-electron chi connectivity index (χ2n) is 8.48. The molecule has 0 aromatic heterocycles. The van der Waals surface area contributed by atoms with Gasteiger partial charge in [0.05, 0.1) is 12.2 Å². The lowest BCUT2D eigenvalue weighted by atomic mass is 9.92. The Morgan fingerprint density at radius 2 is 1.65 bits per heavy atom. The number of aryl methyl sites for hydroxylation is 2. The lowest BCUT2D eigenvalue weighted by Crippen LogP contribution is -2.10. The molecule has 0 saturated heterocycles. The van der Waals surface area contributed by atoms with Crippen molar-refractivity contribution < 1.29 is 14.3 Å². The van der Waals surface area contributed by atoms with Crippen molar-refractivity contribution in [2.75, 3.05) is 6.61 Å². The highest BCUT2D eigenvalue weighted by atomic mass is 16.5. The largest absolute Gasteiger partial charge is 0.494 e. The zero-order chi connectivity index (χ0) is 21.5. The maximum absolute atomic E-state index is 12.9. The summed E-state index contributed by atoms with van der Waals surface area (Å²) >= 11 is 0. The number of carbonyl (C=O) groups is 1. The first-order valence-electron chi connectivity index (χ1n) is 11.7. The molecular weight excluding hydrogens is 384 g/mol. The van der Waals surface area contributed by atoms with Gasteiger partial charge in [-0.25, -0.2) is 4.79 Å². The number of unbranched alkanes of at least 4 members (excludes halogenated alkanes) is 4. The van der Waals surface area contributed by atoms with E-state index in [4.69, 9.17) is 9.47 Å². The number of rotatable bonds is 9. The Kier molecular flexibility index (Phi) is 7.24. The van der Waals surface area contributed by atoms with Crippen LogP contribution in [0.5, 0.6) is 11.5 Å². The number of carbonyl (C=O) groups excluding carboxylic acids is 1. The number of hydrogen-bond acceptors (Lipinski definition) is 3. The van der Waals surface area contributed by atoms with E-state index in [0.29, 0.717) is 11.3 Å². The van der Waals surface area contributed by atoms with Gasteiger partial charge < -0.3 is 9.47 Å². The van der Waals surface area contributed by atoms with Crippen molar-refractivity contribution in [3.63, 3.8) is 0 Å². The fourth-order valence-electron chi connectivity index (χ4n) is 4.36. The van der Waals surface area contributed by atoms with E-state index in [1.165, 1.54) is 49.7 Å². The molecular formula is C28H32O3. The second-order valence-corrected chi connectivity index (χ2v) is 8.48. The molecule has 162 valence electrons. The van der Waals surface area contributed by atoms with Crippen molar-refractivity contribution >= 4 is 16.7 Å². The fourth-order valence-corrected chi connectivity index (χ4v) is 4.36. The van der Waals surface area contributed by atoms with E-state index in [0.717, 1.165) is 42.4 Å². The van der Waals surface area contributed by atoms with E-state index in [1.54, 1.807) is 0 Å². The van der Waals surface area contributed by atoms with Gasteiger partial charge in [0, 0.05) is 0 Å². The summed E-state index contributed by atoms with van der Waals surface area (Å²) in [6.07, 6.45) is 10.7. The molecule has 0 unspecified atom stereocenters. The molecule has 3 nitrogen and oxygen atoms in total. The standard InChI is InChI=1S/C28H32O3/c1-2-3-4-5-8-18-30-24-16-17-26-23(20-24)12-9-13-27(26)28(29)31-25-15-14-21-10-6-7-11-22(21)19-25/h9,12-17,19-20H,2-8,10-11,18H2,1H3. The third kappa shape index (κ3) is 5.46. The minimum Gasteiger partial charge on any atom is -0.494 e. The summed E-state index contributed by atoms with van der Waals surface area (Å²) in [6.45, 7) is 2.96. The van der Waals surface area contributed by atoms with Crippen molar-refractivity contribution in [2.24, 2.45) is 0 Å². The molecule has 0 amide bonds. The second kappa shape index (κ2) is 10.5. The van der Waals surface area contributed by atoms with Crippen LogP contribution in [0, 0.1) is 0 Å². The van der Waals surface area contributed by atoms with Crippen LogP contribution < -0.4 is 9.47 Å². The van der Waals surface area contributed by atoms with E-state index in [-0.39, 0.29) is 5.97 Å². The number of benzene rings is 3. The van der Waals surface area contributed by atoms with Gasteiger partial charge in [-0.05, 0) is 90.4 Å². The monoisotopic (exact) mass is 416 g/mol. The van der Waals surface area contributed by atoms with E-state index in [1.807, 2.05) is 48.5 Å². The van der Waals surface area contributed by atoms with Gasteiger partial charge in [-0.15, -0.1) is 0 Å². The summed E-state index contributed by atoms with van der Waals surface area (Å²) in [5.41, 5.74) is 3.28. The normalized spacial score (nSPS) is 13.1. The molecule has 31 heavy (non-hydrogen) atoms. The number of hydrogen-bond donors (Lipinski definition) is 0. The van der Waals surface area contributed by atoms with Gasteiger partial charge in [-0.3, -0.25) is 0 Å². The Bertz CT molecular complexity index is 1040. The first kappa shape index (κ1) is 21.4. The Hall–Kier alpha value is -2.81. The highest BCUT2D eigenvalue weighted by Gasteiger charge is 2.15. The van der Waals surface area contributed by atoms with Crippen LogP contribution in [0.2, 0.25) is 0 Å². The van der Waals surface area contributed by atoms with E-state index in [9.17, 15) is 4.79 Å². The minimum atomic E-state index is -0.314. The third-order valence-electron chi connectivity index (χ3n) is 6.12. The highest BCUT2D eigenvalue weighted by Crippen LogP contribution is 2.28. The average Bonchev–Trinajstić information content (AvgIpc) is 2.80. The van der Waals surface area contributed by atoms with Crippen molar-refractivity contribution in [1.82, 2.24) is 0 Å². The van der Waals surface area contributed by atoms with E-state index in [2.05, 4.69) is 13.0 Å². The molecule has 0 atom stereocenters. The summed E-state index contributed by atoms with van der Waals surface area (Å²) in [7, 11) is 0. The topological polar surface area (TPSA) is 35.5 Å². The zero-order valence-electron chi connectivity index (χ0n) is 18.5. The first-order chi connectivity index (χ1) is 15.2. The summed E-state index contributed by atoms with van der Waals surface area (Å²) in [5, 5.41) is 1.88. The molecule has 0 saturated carbocycles. The molecule has 1 aliphatic rings. The molecule has 1 aliphatic carbocycles. The van der Waals surface area contributed by atoms with Gasteiger partial charge in [0.15, 0.2) is 0 Å². The zero-order valence-corrected chi connectivity index (χ0v) is 18.5. The predicted octanol–water partition coefficient (Wildman–Crippen LogP) is 7.29. The fraction of sp³-hybridized carbons (Fsp3) is 0.393. The molecule has 3 aromatic rings. The Morgan fingerprint density at radius 1 is 0.839 bits per heavy atom. The average molecular weight is 417 g/mol. The van der Waals surface area contributed by atoms with Gasteiger partial charge in [-0.2, -0.15) is 0 Å². The Labute approximate surface area is 185 Å². The maximum atomic E-state index is 12.9.